The number of rotatable bonds is 20. The number of phenols is 1. The number of anilines is 1. The summed E-state index contributed by atoms with van der Waals surface area (Å²) in [5, 5.41) is 35.7. The number of benzene rings is 3. The Morgan fingerprint density at radius 1 is 0.939 bits per heavy atom. The van der Waals surface area contributed by atoms with Crippen LogP contribution in [-0.4, -0.2) is 50.6 Å². The fourth-order valence-electron chi connectivity index (χ4n) is 4.99. The summed E-state index contributed by atoms with van der Waals surface area (Å²) >= 11 is 10.2. The van der Waals surface area contributed by atoms with Crippen molar-refractivity contribution in [3.8, 4) is 11.5 Å². The molecule has 14 heteroatoms. The van der Waals surface area contributed by atoms with Gasteiger partial charge in [-0.15, -0.1) is 10.2 Å². The number of carboxylic acid groups (broad SMARTS) is 1. The van der Waals surface area contributed by atoms with Crippen LogP contribution in [0.2, 0.25) is 5.02 Å². The van der Waals surface area contributed by atoms with E-state index < -0.39 is 11.9 Å². The summed E-state index contributed by atoms with van der Waals surface area (Å²) < 4.78 is 7.10. The third-order valence-electron chi connectivity index (χ3n) is 7.57. The molecular weight excluding hydrogens is 704 g/mol. The van der Waals surface area contributed by atoms with Crippen LogP contribution in [-0.2, 0) is 16.1 Å². The topological polar surface area (TPSA) is 151 Å². The van der Waals surface area contributed by atoms with Crippen LogP contribution in [0.5, 0.6) is 11.5 Å². The molecule has 0 radical (unpaired) electrons. The Hall–Kier alpha value is -3.52. The molecule has 1 aromatic heterocycles. The zero-order chi connectivity index (χ0) is 35.2. The normalized spacial score (nSPS) is 11.1. The number of nitrogens with zero attached hydrogens (tertiary/aromatic N) is 2. The maximum Gasteiger partial charge on any atom is 0.313 e. The number of carbonyl (C=O) groups is 3. The first-order valence-electron chi connectivity index (χ1n) is 16.3. The molecule has 0 aliphatic carbocycles. The number of unbranched alkanes of at least 4 members (excludes halogenated alkanes) is 7. The number of phenolic OH excluding ortho intramolecular Hbond substituents is 1. The van der Waals surface area contributed by atoms with Crippen LogP contribution in [0, 0.1) is 0 Å². The molecule has 4 rings (SSSR count). The van der Waals surface area contributed by atoms with E-state index in [0.717, 1.165) is 36.4 Å². The predicted molar refractivity (Wildman–Crippen MR) is 198 cm³/mol. The Labute approximate surface area is 303 Å². The zero-order valence-electron chi connectivity index (χ0n) is 27.6. The highest BCUT2D eigenvalue weighted by molar-refractivity contribution is 8.03. The van der Waals surface area contributed by atoms with E-state index in [1.54, 1.807) is 37.3 Å². The van der Waals surface area contributed by atoms with E-state index in [9.17, 15) is 19.5 Å². The summed E-state index contributed by atoms with van der Waals surface area (Å²) in [4.78, 5) is 37.6. The summed E-state index contributed by atoms with van der Waals surface area (Å²) in [5.74, 6) is -1.51. The molecular formula is C35H41ClN4O6S3. The van der Waals surface area contributed by atoms with Crippen LogP contribution in [0.15, 0.2) is 56.0 Å². The van der Waals surface area contributed by atoms with Crippen LogP contribution in [0.3, 0.4) is 0 Å². The number of hydrogen-bond donors (Lipinski definition) is 4. The first-order valence-corrected chi connectivity index (χ1v) is 19.3. The van der Waals surface area contributed by atoms with Gasteiger partial charge in [-0.25, -0.2) is 0 Å². The number of thioether (sulfide) groups is 1. The molecule has 49 heavy (non-hydrogen) atoms. The van der Waals surface area contributed by atoms with Gasteiger partial charge in [-0.1, -0.05) is 130 Å². The molecule has 4 N–H and O–H groups in total. The minimum atomic E-state index is -0.949. The van der Waals surface area contributed by atoms with Crippen LogP contribution in [0.4, 0.5) is 5.69 Å². The third kappa shape index (κ3) is 11.5. The number of fused-ring (bicyclic) bond motifs is 1. The molecule has 0 atom stereocenters. The zero-order valence-corrected chi connectivity index (χ0v) is 30.8. The van der Waals surface area contributed by atoms with E-state index in [-0.39, 0.29) is 35.9 Å². The third-order valence-corrected chi connectivity index (χ3v) is 11.0. The van der Waals surface area contributed by atoms with Gasteiger partial charge in [0.15, 0.2) is 8.68 Å². The van der Waals surface area contributed by atoms with Crippen molar-refractivity contribution in [2.24, 2.45) is 0 Å². The second-order valence-electron chi connectivity index (χ2n) is 11.3. The number of nitrogens with one attached hydrogen (secondary N) is 2. The maximum atomic E-state index is 13.6. The van der Waals surface area contributed by atoms with E-state index >= 15 is 0 Å². The van der Waals surface area contributed by atoms with Crippen molar-refractivity contribution in [3.63, 3.8) is 0 Å². The summed E-state index contributed by atoms with van der Waals surface area (Å²) in [6.45, 7) is 4.49. The van der Waals surface area contributed by atoms with Crippen LogP contribution in [0.25, 0.3) is 10.8 Å². The maximum absolute atomic E-state index is 13.6. The predicted octanol–water partition coefficient (Wildman–Crippen LogP) is 9.18. The second-order valence-corrected chi connectivity index (χ2v) is 15.2. The lowest BCUT2D eigenvalue weighted by Gasteiger charge is -2.17. The van der Waals surface area contributed by atoms with Crippen molar-refractivity contribution in [1.82, 2.24) is 15.5 Å². The molecule has 0 spiro atoms. The van der Waals surface area contributed by atoms with Gasteiger partial charge in [-0.05, 0) is 35.6 Å². The number of carboxylic acids is 1. The van der Waals surface area contributed by atoms with Gasteiger partial charge < -0.3 is 25.6 Å². The lowest BCUT2D eigenvalue weighted by molar-refractivity contribution is -0.133. The first-order chi connectivity index (χ1) is 23.7. The SMILES string of the molecule is CCCCCCCCCCOc1cc(CNC(=O)c2cc(Sc3nnc(SCC(=O)O)s3)c3ccccc3c2O)c(NC(=O)CC)cc1Cl. The molecule has 0 fully saturated rings. The Kier molecular flexibility index (Phi) is 15.3. The molecule has 0 aliphatic rings. The molecule has 262 valence electrons. The Balaban J connectivity index is 1.49. The Morgan fingerprint density at radius 2 is 1.63 bits per heavy atom. The largest absolute Gasteiger partial charge is 0.506 e. The monoisotopic (exact) mass is 744 g/mol. The number of aromatic nitrogens is 2. The quantitative estimate of drug-likeness (QED) is 0.0509. The van der Waals surface area contributed by atoms with E-state index in [1.165, 1.54) is 55.2 Å². The van der Waals surface area contributed by atoms with Gasteiger partial charge in [0.1, 0.15) is 11.5 Å². The highest BCUT2D eigenvalue weighted by Gasteiger charge is 2.20. The van der Waals surface area contributed by atoms with Gasteiger partial charge in [0.25, 0.3) is 5.91 Å². The lowest BCUT2D eigenvalue weighted by Crippen LogP contribution is -2.24. The standard InChI is InChI=1S/C35H41ClN4O6S3/c1-3-5-6-7-8-9-10-13-16-46-28-17-22(27(19-26(28)36)38-30(41)4-2)20-37-33(45)25-18-29(23-14-11-12-15-24(23)32(25)44)48-35-40-39-34(49-35)47-21-31(42)43/h11-12,14-15,17-19,44H,3-10,13,16,20-21H2,1-2H3,(H,37,45)(H,38,41)(H,42,43). The molecule has 4 aromatic rings. The minimum Gasteiger partial charge on any atom is -0.506 e. The van der Waals surface area contributed by atoms with E-state index in [0.29, 0.717) is 47.6 Å². The van der Waals surface area contributed by atoms with Gasteiger partial charge >= 0.3 is 5.97 Å². The fraction of sp³-hybridized carbons (Fsp3) is 0.400. The highest BCUT2D eigenvalue weighted by Crippen LogP contribution is 2.41. The van der Waals surface area contributed by atoms with Crippen molar-refractivity contribution in [3.05, 3.63) is 58.6 Å². The van der Waals surface area contributed by atoms with Crippen LogP contribution in [0.1, 0.15) is 87.6 Å². The first kappa shape index (κ1) is 38.3. The molecule has 0 saturated heterocycles. The van der Waals surface area contributed by atoms with Crippen molar-refractivity contribution >= 4 is 80.7 Å². The summed E-state index contributed by atoms with van der Waals surface area (Å²) in [5.41, 5.74) is 1.12. The lowest BCUT2D eigenvalue weighted by atomic mass is 10.0. The number of halogens is 1. The number of hydrogen-bond acceptors (Lipinski definition) is 10. The number of amides is 2. The second kappa shape index (κ2) is 19.6. The summed E-state index contributed by atoms with van der Waals surface area (Å²) in [7, 11) is 0. The molecule has 3 aromatic carbocycles. The number of aliphatic carboxylic acids is 1. The summed E-state index contributed by atoms with van der Waals surface area (Å²) in [6.07, 6.45) is 9.67. The highest BCUT2D eigenvalue weighted by atomic mass is 35.5. The van der Waals surface area contributed by atoms with Crippen molar-refractivity contribution in [2.45, 2.75) is 91.8 Å². The van der Waals surface area contributed by atoms with E-state index in [2.05, 4.69) is 27.8 Å². The van der Waals surface area contributed by atoms with E-state index in [1.807, 2.05) is 12.1 Å². The molecule has 0 unspecified atom stereocenters. The smallest absolute Gasteiger partial charge is 0.313 e. The van der Waals surface area contributed by atoms with Gasteiger partial charge in [0.2, 0.25) is 5.91 Å². The molecule has 0 bridgehead atoms. The summed E-state index contributed by atoms with van der Waals surface area (Å²) in [6, 6.07) is 12.1. The van der Waals surface area contributed by atoms with Crippen molar-refractivity contribution < 1.29 is 29.3 Å². The van der Waals surface area contributed by atoms with Gasteiger partial charge in [-0.3, -0.25) is 14.4 Å². The van der Waals surface area contributed by atoms with Crippen molar-refractivity contribution in [1.29, 1.82) is 0 Å². The van der Waals surface area contributed by atoms with Crippen molar-refractivity contribution in [2.75, 3.05) is 17.7 Å². The minimum absolute atomic E-state index is 0.0265. The van der Waals surface area contributed by atoms with Crippen LogP contribution >= 0.6 is 46.5 Å². The average Bonchev–Trinajstić information content (AvgIpc) is 3.55. The number of carbonyl (C=O) groups excluding carboxylic acids is 2. The Morgan fingerprint density at radius 3 is 2.35 bits per heavy atom. The van der Waals surface area contributed by atoms with Gasteiger partial charge in [0, 0.05) is 28.9 Å². The Bertz CT molecular complexity index is 1750. The molecule has 10 nitrogen and oxygen atoms in total. The molecule has 0 aliphatic heterocycles. The number of aromatic hydroxyl groups is 1. The average molecular weight is 745 g/mol. The fourth-order valence-corrected chi connectivity index (χ4v) is 8.09. The van der Waals surface area contributed by atoms with E-state index in [4.69, 9.17) is 21.4 Å². The van der Waals surface area contributed by atoms with Crippen LogP contribution < -0.4 is 15.4 Å². The van der Waals surface area contributed by atoms with Gasteiger partial charge in [0.05, 0.1) is 22.9 Å². The molecule has 1 heterocycles. The molecule has 2 amide bonds. The van der Waals surface area contributed by atoms with Gasteiger partial charge in [-0.2, -0.15) is 0 Å². The molecule has 0 saturated carbocycles. The number of ether oxygens (including phenoxy) is 1.